The minimum absolute atomic E-state index is 0. The van der Waals surface area contributed by atoms with Crippen LogP contribution in [0.5, 0.6) is 0 Å². The van der Waals surface area contributed by atoms with Crippen LogP contribution in [0.3, 0.4) is 0 Å². The van der Waals surface area contributed by atoms with Gasteiger partial charge in [-0.05, 0) is 32.1 Å². The first-order valence-corrected chi connectivity index (χ1v) is 6.92. The van der Waals surface area contributed by atoms with Crippen LogP contribution in [0.15, 0.2) is 0 Å². The molecule has 1 aliphatic rings. The Morgan fingerprint density at radius 2 is 1.65 bits per heavy atom. The lowest BCUT2D eigenvalue weighted by Crippen LogP contribution is -2.26. The number of rotatable bonds is 5. The molecule has 3 nitrogen and oxygen atoms in total. The Balaban J connectivity index is 0. The van der Waals surface area contributed by atoms with Gasteiger partial charge in [0.25, 0.3) is 0 Å². The Hall–Kier alpha value is -0.410. The number of carbonyl (C=O) groups excluding carboxylic acids is 1. The molecular formula is C14H30O3. The predicted octanol–water partition coefficient (Wildman–Crippen LogP) is 3.15. The summed E-state index contributed by atoms with van der Waals surface area (Å²) in [4.78, 5) is 11.4. The zero-order valence-electron chi connectivity index (χ0n) is 11.9. The zero-order valence-corrected chi connectivity index (χ0v) is 11.9. The maximum absolute atomic E-state index is 11.4. The van der Waals surface area contributed by atoms with E-state index in [4.69, 9.17) is 4.74 Å². The van der Waals surface area contributed by atoms with E-state index >= 15 is 0 Å². The lowest BCUT2D eigenvalue weighted by Gasteiger charge is -2.27. The van der Waals surface area contributed by atoms with E-state index < -0.39 is 0 Å². The van der Waals surface area contributed by atoms with Gasteiger partial charge in [-0.1, -0.05) is 27.7 Å². The van der Waals surface area contributed by atoms with Crippen LogP contribution in [0.25, 0.3) is 0 Å². The van der Waals surface area contributed by atoms with E-state index in [1.807, 2.05) is 20.8 Å². The van der Waals surface area contributed by atoms with Gasteiger partial charge in [-0.3, -0.25) is 4.79 Å². The van der Waals surface area contributed by atoms with Crippen molar-refractivity contribution in [2.45, 2.75) is 72.3 Å². The fourth-order valence-electron chi connectivity index (χ4n) is 2.12. The van der Waals surface area contributed by atoms with Crippen LogP contribution in [0.1, 0.15) is 66.2 Å². The van der Waals surface area contributed by atoms with E-state index in [9.17, 15) is 4.79 Å². The SMILES string of the molecule is CC.CCCOC1CCC(C(=O)CC)CC1.O. The second-order valence-electron chi connectivity index (χ2n) is 4.16. The maximum Gasteiger partial charge on any atom is 0.135 e. The van der Waals surface area contributed by atoms with Crippen molar-refractivity contribution in [1.82, 2.24) is 0 Å². The molecule has 1 saturated carbocycles. The first-order valence-electron chi connectivity index (χ1n) is 6.92. The first-order chi connectivity index (χ1) is 7.77. The summed E-state index contributed by atoms with van der Waals surface area (Å²) in [6.45, 7) is 8.96. The summed E-state index contributed by atoms with van der Waals surface area (Å²) in [5.74, 6) is 0.778. The minimum Gasteiger partial charge on any atom is -0.412 e. The van der Waals surface area contributed by atoms with Crippen LogP contribution < -0.4 is 0 Å². The fraction of sp³-hybridized carbons (Fsp3) is 0.929. The topological polar surface area (TPSA) is 57.8 Å². The average Bonchev–Trinajstić information content (AvgIpc) is 2.38. The van der Waals surface area contributed by atoms with Gasteiger partial charge in [-0.25, -0.2) is 0 Å². The second kappa shape index (κ2) is 12.1. The summed E-state index contributed by atoms with van der Waals surface area (Å²) in [5, 5.41) is 0. The van der Waals surface area contributed by atoms with Crippen LogP contribution in [0, 0.1) is 5.92 Å². The van der Waals surface area contributed by atoms with Gasteiger partial charge in [0.1, 0.15) is 5.78 Å². The third-order valence-electron chi connectivity index (χ3n) is 3.04. The Morgan fingerprint density at radius 1 is 1.12 bits per heavy atom. The highest BCUT2D eigenvalue weighted by atomic mass is 16.5. The largest absolute Gasteiger partial charge is 0.412 e. The molecule has 0 radical (unpaired) electrons. The van der Waals surface area contributed by atoms with Crippen LogP contribution in [-0.4, -0.2) is 24.0 Å². The monoisotopic (exact) mass is 246 g/mol. The van der Waals surface area contributed by atoms with E-state index in [1.54, 1.807) is 0 Å². The van der Waals surface area contributed by atoms with Gasteiger partial charge in [-0.2, -0.15) is 0 Å². The molecule has 0 unspecified atom stereocenters. The van der Waals surface area contributed by atoms with Crippen LogP contribution in [0.2, 0.25) is 0 Å². The van der Waals surface area contributed by atoms with Gasteiger partial charge < -0.3 is 10.2 Å². The van der Waals surface area contributed by atoms with Gasteiger partial charge in [0.15, 0.2) is 0 Å². The standard InChI is InChI=1S/C12H22O2.C2H6.H2O/c1-3-9-14-11-7-5-10(6-8-11)12(13)4-2;1-2;/h10-11H,3-9H2,1-2H3;1-2H3;1H2. The Labute approximate surface area is 106 Å². The van der Waals surface area contributed by atoms with Crippen molar-refractivity contribution in [2.24, 2.45) is 5.92 Å². The molecule has 104 valence electrons. The minimum atomic E-state index is 0. The summed E-state index contributed by atoms with van der Waals surface area (Å²) in [7, 11) is 0. The average molecular weight is 246 g/mol. The highest BCUT2D eigenvalue weighted by Gasteiger charge is 2.25. The van der Waals surface area contributed by atoms with E-state index in [0.717, 1.165) is 38.7 Å². The molecule has 0 saturated heterocycles. The van der Waals surface area contributed by atoms with Crippen molar-refractivity contribution in [1.29, 1.82) is 0 Å². The predicted molar refractivity (Wildman–Crippen MR) is 72.2 cm³/mol. The van der Waals surface area contributed by atoms with Gasteiger partial charge >= 0.3 is 0 Å². The van der Waals surface area contributed by atoms with Gasteiger partial charge in [0, 0.05) is 18.9 Å². The van der Waals surface area contributed by atoms with Gasteiger partial charge in [-0.15, -0.1) is 0 Å². The van der Waals surface area contributed by atoms with Gasteiger partial charge in [0.2, 0.25) is 0 Å². The fourth-order valence-corrected chi connectivity index (χ4v) is 2.12. The Bertz CT molecular complexity index is 172. The molecule has 0 amide bonds. The third-order valence-corrected chi connectivity index (χ3v) is 3.04. The van der Waals surface area contributed by atoms with Crippen molar-refractivity contribution in [3.05, 3.63) is 0 Å². The molecule has 3 heteroatoms. The van der Waals surface area contributed by atoms with Crippen molar-refractivity contribution in [3.63, 3.8) is 0 Å². The molecule has 0 aromatic carbocycles. The molecule has 0 aromatic rings. The van der Waals surface area contributed by atoms with Crippen LogP contribution >= 0.6 is 0 Å². The molecule has 17 heavy (non-hydrogen) atoms. The normalized spacial score (nSPS) is 23.1. The summed E-state index contributed by atoms with van der Waals surface area (Å²) in [6, 6.07) is 0. The number of carbonyl (C=O) groups is 1. The summed E-state index contributed by atoms with van der Waals surface area (Å²) in [5.41, 5.74) is 0. The highest BCUT2D eigenvalue weighted by molar-refractivity contribution is 5.80. The first kappa shape index (κ1) is 18.9. The smallest absolute Gasteiger partial charge is 0.135 e. The molecule has 0 atom stereocenters. The maximum atomic E-state index is 11.4. The van der Waals surface area contributed by atoms with Crippen molar-refractivity contribution in [3.8, 4) is 0 Å². The number of Topliss-reactive ketones (excluding diaryl/α,β-unsaturated/α-hetero) is 1. The second-order valence-corrected chi connectivity index (χ2v) is 4.16. The zero-order chi connectivity index (χ0) is 12.4. The van der Waals surface area contributed by atoms with E-state index in [1.165, 1.54) is 0 Å². The van der Waals surface area contributed by atoms with Crippen molar-refractivity contribution >= 4 is 5.78 Å². The molecule has 1 fully saturated rings. The van der Waals surface area contributed by atoms with Crippen molar-refractivity contribution in [2.75, 3.05) is 6.61 Å². The van der Waals surface area contributed by atoms with Crippen LogP contribution in [0.4, 0.5) is 0 Å². The molecule has 1 aliphatic carbocycles. The number of hydrogen-bond donors (Lipinski definition) is 0. The molecule has 0 aliphatic heterocycles. The molecule has 0 aromatic heterocycles. The third kappa shape index (κ3) is 7.50. The molecule has 0 heterocycles. The van der Waals surface area contributed by atoms with Gasteiger partial charge in [0.05, 0.1) is 6.10 Å². The summed E-state index contributed by atoms with van der Waals surface area (Å²) >= 11 is 0. The van der Waals surface area contributed by atoms with Crippen LogP contribution in [-0.2, 0) is 9.53 Å². The summed E-state index contributed by atoms with van der Waals surface area (Å²) < 4.78 is 5.68. The number of hydrogen-bond acceptors (Lipinski definition) is 2. The summed E-state index contributed by atoms with van der Waals surface area (Å²) in [6.07, 6.45) is 6.46. The Morgan fingerprint density at radius 3 is 2.06 bits per heavy atom. The Kier molecular flexibility index (Phi) is 13.4. The molecule has 0 spiro atoms. The molecule has 0 bridgehead atoms. The lowest BCUT2D eigenvalue weighted by molar-refractivity contribution is -0.124. The van der Waals surface area contributed by atoms with E-state index in [-0.39, 0.29) is 5.48 Å². The number of ether oxygens (including phenoxy) is 1. The molecular weight excluding hydrogens is 216 g/mol. The van der Waals surface area contributed by atoms with Crippen molar-refractivity contribution < 1.29 is 15.0 Å². The van der Waals surface area contributed by atoms with E-state index in [0.29, 0.717) is 24.2 Å². The van der Waals surface area contributed by atoms with E-state index in [2.05, 4.69) is 6.92 Å². The highest BCUT2D eigenvalue weighted by Crippen LogP contribution is 2.27. The number of ketones is 1. The molecule has 2 N–H and O–H groups in total. The molecule has 1 rings (SSSR count). The quantitative estimate of drug-likeness (QED) is 0.748. The lowest BCUT2D eigenvalue weighted by atomic mass is 9.84.